The summed E-state index contributed by atoms with van der Waals surface area (Å²) in [5.41, 5.74) is 2.28. The van der Waals surface area contributed by atoms with Gasteiger partial charge in [0, 0.05) is 23.3 Å². The van der Waals surface area contributed by atoms with Crippen molar-refractivity contribution in [2.45, 2.75) is 32.2 Å². The highest BCUT2D eigenvalue weighted by molar-refractivity contribution is 5.91. The first kappa shape index (κ1) is 10.6. The van der Waals surface area contributed by atoms with Crippen molar-refractivity contribution in [1.29, 1.82) is 0 Å². The molecule has 1 unspecified atom stereocenters. The molecule has 0 radical (unpaired) electrons. The van der Waals surface area contributed by atoms with Crippen molar-refractivity contribution in [2.75, 3.05) is 5.32 Å². The Morgan fingerprint density at radius 3 is 3.00 bits per heavy atom. The van der Waals surface area contributed by atoms with Crippen LogP contribution >= 0.6 is 0 Å². The third-order valence-electron chi connectivity index (χ3n) is 3.43. The number of hydrogen-bond acceptors (Lipinski definition) is 2. The van der Waals surface area contributed by atoms with Gasteiger partial charge in [0.2, 0.25) is 0 Å². The number of aromatic nitrogens is 1. The molecule has 2 nitrogen and oxygen atoms in total. The Hall–Kier alpha value is -1.57. The summed E-state index contributed by atoms with van der Waals surface area (Å²) in [6, 6.07) is 11.0. The van der Waals surface area contributed by atoms with E-state index in [-0.39, 0.29) is 0 Å². The summed E-state index contributed by atoms with van der Waals surface area (Å²) >= 11 is 0. The van der Waals surface area contributed by atoms with Crippen molar-refractivity contribution in [3.8, 4) is 0 Å². The van der Waals surface area contributed by atoms with E-state index in [0.29, 0.717) is 6.04 Å². The molecule has 1 fully saturated rings. The number of rotatable bonds is 4. The summed E-state index contributed by atoms with van der Waals surface area (Å²) in [5.74, 6) is 0.964. The molecule has 2 aromatic rings. The van der Waals surface area contributed by atoms with E-state index < -0.39 is 0 Å². The highest BCUT2D eigenvalue weighted by Gasteiger charge is 2.23. The molecule has 0 saturated heterocycles. The molecule has 0 aliphatic heterocycles. The van der Waals surface area contributed by atoms with Crippen LogP contribution in [0.2, 0.25) is 0 Å². The first-order chi connectivity index (χ1) is 8.33. The molecular formula is C15H18N2. The smallest absolute Gasteiger partial charge is 0.0722 e. The minimum absolute atomic E-state index is 0.549. The number of fused-ring (bicyclic) bond motifs is 1. The molecule has 1 atom stereocenters. The van der Waals surface area contributed by atoms with Crippen LogP contribution in [0.3, 0.4) is 0 Å². The van der Waals surface area contributed by atoms with Crippen LogP contribution in [0.5, 0.6) is 0 Å². The molecule has 0 bridgehead atoms. The maximum atomic E-state index is 4.38. The van der Waals surface area contributed by atoms with Crippen molar-refractivity contribution in [3.05, 3.63) is 36.5 Å². The predicted molar refractivity (Wildman–Crippen MR) is 72.2 cm³/mol. The molecule has 0 amide bonds. The zero-order valence-electron chi connectivity index (χ0n) is 10.2. The van der Waals surface area contributed by atoms with Gasteiger partial charge in [-0.05, 0) is 43.5 Å². The lowest BCUT2D eigenvalue weighted by molar-refractivity contribution is 0.643. The van der Waals surface area contributed by atoms with Gasteiger partial charge < -0.3 is 5.32 Å². The normalized spacial score (nSPS) is 17.0. The van der Waals surface area contributed by atoms with Crippen molar-refractivity contribution in [3.63, 3.8) is 0 Å². The van der Waals surface area contributed by atoms with E-state index in [4.69, 9.17) is 0 Å². The van der Waals surface area contributed by atoms with Crippen LogP contribution in [-0.2, 0) is 0 Å². The number of nitrogens with zero attached hydrogens (tertiary/aromatic N) is 1. The summed E-state index contributed by atoms with van der Waals surface area (Å²) < 4.78 is 0. The van der Waals surface area contributed by atoms with Gasteiger partial charge in [0.05, 0.1) is 5.52 Å². The van der Waals surface area contributed by atoms with Gasteiger partial charge in [0.25, 0.3) is 0 Å². The second-order valence-electron chi connectivity index (χ2n) is 5.10. The van der Waals surface area contributed by atoms with Gasteiger partial charge in [0.1, 0.15) is 0 Å². The molecule has 17 heavy (non-hydrogen) atoms. The zero-order chi connectivity index (χ0) is 11.7. The Morgan fingerprint density at radius 1 is 1.29 bits per heavy atom. The Bertz CT molecular complexity index is 512. The number of anilines is 1. The molecule has 1 saturated carbocycles. The molecule has 1 heterocycles. The van der Waals surface area contributed by atoms with Gasteiger partial charge in [-0.25, -0.2) is 0 Å². The Kier molecular flexibility index (Phi) is 2.71. The van der Waals surface area contributed by atoms with Gasteiger partial charge in [-0.1, -0.05) is 18.9 Å². The lowest BCUT2D eigenvalue weighted by Crippen LogP contribution is -2.15. The first-order valence-corrected chi connectivity index (χ1v) is 6.43. The minimum atomic E-state index is 0.549. The van der Waals surface area contributed by atoms with Gasteiger partial charge in [-0.15, -0.1) is 0 Å². The van der Waals surface area contributed by atoms with Gasteiger partial charge >= 0.3 is 0 Å². The summed E-state index contributed by atoms with van der Waals surface area (Å²) in [7, 11) is 0. The van der Waals surface area contributed by atoms with Crippen molar-refractivity contribution < 1.29 is 0 Å². The van der Waals surface area contributed by atoms with Crippen molar-refractivity contribution >= 4 is 16.6 Å². The van der Waals surface area contributed by atoms with Crippen LogP contribution in [0.15, 0.2) is 36.5 Å². The zero-order valence-corrected chi connectivity index (χ0v) is 10.2. The molecule has 1 aliphatic carbocycles. The summed E-state index contributed by atoms with van der Waals surface area (Å²) in [5, 5.41) is 4.84. The molecule has 3 rings (SSSR count). The third-order valence-corrected chi connectivity index (χ3v) is 3.43. The van der Waals surface area contributed by atoms with Crippen LogP contribution in [0.4, 0.5) is 5.69 Å². The molecular weight excluding hydrogens is 208 g/mol. The van der Waals surface area contributed by atoms with E-state index in [2.05, 4.69) is 41.5 Å². The number of pyridine rings is 1. The molecule has 1 aliphatic rings. The fourth-order valence-electron chi connectivity index (χ4n) is 2.41. The lowest BCUT2D eigenvalue weighted by Gasteiger charge is -2.16. The monoisotopic (exact) mass is 226 g/mol. The molecule has 1 N–H and O–H groups in total. The maximum absolute atomic E-state index is 4.38. The van der Waals surface area contributed by atoms with Gasteiger partial charge in [-0.3, -0.25) is 4.98 Å². The van der Waals surface area contributed by atoms with Crippen molar-refractivity contribution in [1.82, 2.24) is 4.98 Å². The highest BCUT2D eigenvalue weighted by Crippen LogP contribution is 2.34. The Balaban J connectivity index is 1.83. The van der Waals surface area contributed by atoms with Gasteiger partial charge in [0.15, 0.2) is 0 Å². The van der Waals surface area contributed by atoms with E-state index in [1.165, 1.54) is 30.3 Å². The second-order valence-corrected chi connectivity index (χ2v) is 5.10. The fourth-order valence-corrected chi connectivity index (χ4v) is 2.41. The molecule has 1 aromatic heterocycles. The van der Waals surface area contributed by atoms with Crippen LogP contribution in [-0.4, -0.2) is 11.0 Å². The number of benzene rings is 1. The number of hydrogen-bond donors (Lipinski definition) is 1. The number of nitrogens with one attached hydrogen (secondary N) is 1. The van der Waals surface area contributed by atoms with Crippen LogP contribution < -0.4 is 5.32 Å². The standard InChI is InChI=1S/C15H18N2/c1-11(10-12-7-8-12)17-15-6-2-5-14-13(15)4-3-9-16-14/h2-6,9,11-12,17H,7-8,10H2,1H3. The van der Waals surface area contributed by atoms with Crippen LogP contribution in [0, 0.1) is 5.92 Å². The first-order valence-electron chi connectivity index (χ1n) is 6.43. The highest BCUT2D eigenvalue weighted by atomic mass is 14.9. The molecule has 1 aromatic carbocycles. The topological polar surface area (TPSA) is 24.9 Å². The molecule has 0 spiro atoms. The maximum Gasteiger partial charge on any atom is 0.0722 e. The quantitative estimate of drug-likeness (QED) is 0.856. The van der Waals surface area contributed by atoms with Gasteiger partial charge in [-0.2, -0.15) is 0 Å². The largest absolute Gasteiger partial charge is 0.382 e. The second kappa shape index (κ2) is 4.36. The van der Waals surface area contributed by atoms with E-state index in [0.717, 1.165) is 11.4 Å². The lowest BCUT2D eigenvalue weighted by atomic mass is 10.1. The van der Waals surface area contributed by atoms with Crippen molar-refractivity contribution in [2.24, 2.45) is 5.92 Å². The Morgan fingerprint density at radius 2 is 2.18 bits per heavy atom. The average Bonchev–Trinajstić information content (AvgIpc) is 3.13. The molecule has 2 heteroatoms. The summed E-state index contributed by atoms with van der Waals surface area (Å²) in [4.78, 5) is 4.38. The van der Waals surface area contributed by atoms with E-state index in [1.54, 1.807) is 0 Å². The van der Waals surface area contributed by atoms with E-state index in [1.807, 2.05) is 12.3 Å². The SMILES string of the molecule is CC(CC1CC1)Nc1cccc2ncccc12. The average molecular weight is 226 g/mol. The summed E-state index contributed by atoms with van der Waals surface area (Å²) in [6.45, 7) is 2.27. The predicted octanol–water partition coefficient (Wildman–Crippen LogP) is 3.84. The molecule has 88 valence electrons. The minimum Gasteiger partial charge on any atom is -0.382 e. The summed E-state index contributed by atoms with van der Waals surface area (Å²) in [6.07, 6.45) is 5.97. The van der Waals surface area contributed by atoms with Crippen LogP contribution in [0.25, 0.3) is 10.9 Å². The third kappa shape index (κ3) is 2.41. The van der Waals surface area contributed by atoms with E-state index in [9.17, 15) is 0 Å². The van der Waals surface area contributed by atoms with E-state index >= 15 is 0 Å². The fraction of sp³-hybridized carbons (Fsp3) is 0.400. The Labute approximate surface area is 102 Å². The van der Waals surface area contributed by atoms with Crippen LogP contribution in [0.1, 0.15) is 26.2 Å².